The lowest BCUT2D eigenvalue weighted by Crippen LogP contribution is -2.09. The first kappa shape index (κ1) is 15.3. The van der Waals surface area contributed by atoms with Crippen LogP contribution in [-0.2, 0) is 0 Å². The van der Waals surface area contributed by atoms with Crippen LogP contribution >= 0.6 is 15.9 Å². The molecule has 20 heavy (non-hydrogen) atoms. The lowest BCUT2D eigenvalue weighted by molar-refractivity contribution is 0.456. The van der Waals surface area contributed by atoms with Crippen LogP contribution in [0.1, 0.15) is 46.1 Å². The quantitative estimate of drug-likeness (QED) is 0.839. The minimum atomic E-state index is -0.284. The summed E-state index contributed by atoms with van der Waals surface area (Å²) in [5, 5.41) is 0. The number of nitrogens with zero attached hydrogens (tertiary/aromatic N) is 2. The molecule has 5 heteroatoms. The number of imidazole rings is 1. The van der Waals surface area contributed by atoms with Gasteiger partial charge in [-0.3, -0.25) is 0 Å². The Kier molecular flexibility index (Phi) is 4.68. The molecule has 1 aromatic heterocycles. The fourth-order valence-electron chi connectivity index (χ4n) is 2.52. The third-order valence-corrected chi connectivity index (χ3v) is 4.21. The Hall–Kier alpha value is -1.10. The zero-order chi connectivity index (χ0) is 14.9. The van der Waals surface area contributed by atoms with Gasteiger partial charge in [-0.05, 0) is 41.3 Å². The van der Waals surface area contributed by atoms with E-state index in [2.05, 4.69) is 41.7 Å². The van der Waals surface area contributed by atoms with Crippen LogP contribution in [-0.4, -0.2) is 9.55 Å². The number of rotatable bonds is 5. The first-order valence-electron chi connectivity index (χ1n) is 7.02. The van der Waals surface area contributed by atoms with Gasteiger partial charge in [-0.2, -0.15) is 0 Å². The summed E-state index contributed by atoms with van der Waals surface area (Å²) in [6, 6.07) is 3.40. The molecular weight excluding hydrogens is 321 g/mol. The van der Waals surface area contributed by atoms with Crippen molar-refractivity contribution in [1.82, 2.24) is 9.55 Å². The number of nitrogen functional groups attached to an aromatic ring is 1. The second-order valence-electron chi connectivity index (χ2n) is 5.77. The van der Waals surface area contributed by atoms with Gasteiger partial charge in [-0.25, -0.2) is 9.37 Å². The van der Waals surface area contributed by atoms with Crippen LogP contribution in [0.15, 0.2) is 16.6 Å². The van der Waals surface area contributed by atoms with Gasteiger partial charge in [-0.1, -0.05) is 26.7 Å². The van der Waals surface area contributed by atoms with E-state index in [1.807, 2.05) is 4.57 Å². The van der Waals surface area contributed by atoms with Gasteiger partial charge in [-0.15, -0.1) is 0 Å². The largest absolute Gasteiger partial charge is 0.369 e. The summed E-state index contributed by atoms with van der Waals surface area (Å²) >= 11 is 3.18. The molecule has 1 atom stereocenters. The minimum absolute atomic E-state index is 0.222. The molecule has 0 fully saturated rings. The van der Waals surface area contributed by atoms with Gasteiger partial charge in [0.05, 0.1) is 15.5 Å². The van der Waals surface area contributed by atoms with Gasteiger partial charge in [0, 0.05) is 12.1 Å². The molecule has 2 N–H and O–H groups in total. The highest BCUT2D eigenvalue weighted by molar-refractivity contribution is 9.10. The van der Waals surface area contributed by atoms with E-state index in [1.165, 1.54) is 12.5 Å². The highest BCUT2D eigenvalue weighted by atomic mass is 79.9. The normalized spacial score (nSPS) is 13.3. The maximum absolute atomic E-state index is 13.7. The van der Waals surface area contributed by atoms with Crippen LogP contribution < -0.4 is 5.73 Å². The monoisotopic (exact) mass is 341 g/mol. The van der Waals surface area contributed by atoms with Gasteiger partial charge in [0.25, 0.3) is 0 Å². The lowest BCUT2D eigenvalue weighted by atomic mass is 10.0. The summed E-state index contributed by atoms with van der Waals surface area (Å²) in [6.45, 7) is 6.55. The second-order valence-corrected chi connectivity index (χ2v) is 6.62. The molecule has 110 valence electrons. The number of benzene rings is 1. The number of fused-ring (bicyclic) bond motifs is 1. The molecule has 1 unspecified atom stereocenters. The van der Waals surface area contributed by atoms with Gasteiger partial charge >= 0.3 is 0 Å². The Morgan fingerprint density at radius 3 is 2.65 bits per heavy atom. The maximum atomic E-state index is 13.7. The molecule has 1 heterocycles. The van der Waals surface area contributed by atoms with Gasteiger partial charge in [0.1, 0.15) is 5.82 Å². The van der Waals surface area contributed by atoms with Gasteiger partial charge in [0.2, 0.25) is 5.95 Å². The fraction of sp³-hybridized carbons (Fsp3) is 0.533. The zero-order valence-corrected chi connectivity index (χ0v) is 13.7. The van der Waals surface area contributed by atoms with Crippen LogP contribution in [0.3, 0.4) is 0 Å². The van der Waals surface area contributed by atoms with Gasteiger partial charge < -0.3 is 10.3 Å². The molecule has 2 rings (SSSR count). The SMILES string of the molecule is CC(C)CCCC(C)n1c(N)nc2cc(Br)c(F)cc21. The lowest BCUT2D eigenvalue weighted by Gasteiger charge is -2.16. The molecule has 0 spiro atoms. The van der Waals surface area contributed by atoms with E-state index < -0.39 is 0 Å². The second kappa shape index (κ2) is 6.12. The Labute approximate surface area is 127 Å². The van der Waals surface area contributed by atoms with E-state index in [0.29, 0.717) is 16.3 Å². The van der Waals surface area contributed by atoms with E-state index in [0.717, 1.165) is 23.9 Å². The van der Waals surface area contributed by atoms with E-state index in [-0.39, 0.29) is 11.9 Å². The third kappa shape index (κ3) is 3.14. The van der Waals surface area contributed by atoms with Crippen LogP contribution in [0.4, 0.5) is 10.3 Å². The zero-order valence-electron chi connectivity index (χ0n) is 12.2. The first-order chi connectivity index (χ1) is 9.40. The van der Waals surface area contributed by atoms with E-state index in [1.54, 1.807) is 6.07 Å². The van der Waals surface area contributed by atoms with E-state index in [9.17, 15) is 4.39 Å². The molecule has 0 aliphatic carbocycles. The average molecular weight is 342 g/mol. The summed E-state index contributed by atoms with van der Waals surface area (Å²) in [6.07, 6.45) is 3.35. The number of hydrogen-bond acceptors (Lipinski definition) is 2. The van der Waals surface area contributed by atoms with Crippen molar-refractivity contribution in [1.29, 1.82) is 0 Å². The number of aromatic nitrogens is 2. The summed E-state index contributed by atoms with van der Waals surface area (Å²) in [5.74, 6) is 0.870. The standard InChI is InChI=1S/C15H21BrFN3/c1-9(2)5-4-6-10(3)20-14-8-12(17)11(16)7-13(14)19-15(20)18/h7-10H,4-6H2,1-3H3,(H2,18,19). The number of hydrogen-bond donors (Lipinski definition) is 1. The van der Waals surface area contributed by atoms with Crippen molar-refractivity contribution in [2.24, 2.45) is 5.92 Å². The summed E-state index contributed by atoms with van der Waals surface area (Å²) in [4.78, 5) is 4.32. The fourth-order valence-corrected chi connectivity index (χ4v) is 2.85. The summed E-state index contributed by atoms with van der Waals surface area (Å²) < 4.78 is 16.1. The summed E-state index contributed by atoms with van der Waals surface area (Å²) in [7, 11) is 0. The number of nitrogens with two attached hydrogens (primary N) is 1. The molecule has 1 aromatic carbocycles. The molecule has 0 aliphatic rings. The van der Waals surface area contributed by atoms with Crippen molar-refractivity contribution in [2.45, 2.75) is 46.1 Å². The van der Waals surface area contributed by atoms with Crippen molar-refractivity contribution in [3.8, 4) is 0 Å². The third-order valence-electron chi connectivity index (χ3n) is 3.60. The van der Waals surface area contributed by atoms with Crippen molar-refractivity contribution in [2.75, 3.05) is 5.73 Å². The van der Waals surface area contributed by atoms with Crippen LogP contribution in [0.2, 0.25) is 0 Å². The molecule has 0 amide bonds. The van der Waals surface area contributed by atoms with Crippen molar-refractivity contribution < 1.29 is 4.39 Å². The number of halogens is 2. The molecule has 0 saturated heterocycles. The van der Waals surface area contributed by atoms with Crippen LogP contribution in [0.5, 0.6) is 0 Å². The Morgan fingerprint density at radius 1 is 1.30 bits per heavy atom. The van der Waals surface area contributed by atoms with Gasteiger partial charge in [0.15, 0.2) is 0 Å². The number of anilines is 1. The molecule has 3 nitrogen and oxygen atoms in total. The Balaban J connectivity index is 2.28. The van der Waals surface area contributed by atoms with Crippen molar-refractivity contribution in [3.63, 3.8) is 0 Å². The molecule has 0 radical (unpaired) electrons. The highest BCUT2D eigenvalue weighted by Crippen LogP contribution is 2.29. The molecule has 2 aromatic rings. The molecule has 0 aliphatic heterocycles. The smallest absolute Gasteiger partial charge is 0.201 e. The summed E-state index contributed by atoms with van der Waals surface area (Å²) in [5.41, 5.74) is 7.49. The Morgan fingerprint density at radius 2 is 2.00 bits per heavy atom. The van der Waals surface area contributed by atoms with Crippen molar-refractivity contribution in [3.05, 3.63) is 22.4 Å². The van der Waals surface area contributed by atoms with E-state index in [4.69, 9.17) is 5.73 Å². The highest BCUT2D eigenvalue weighted by Gasteiger charge is 2.16. The first-order valence-corrected chi connectivity index (χ1v) is 7.82. The molecule has 0 bridgehead atoms. The predicted octanol–water partition coefficient (Wildman–Crippen LogP) is 4.91. The van der Waals surface area contributed by atoms with Crippen molar-refractivity contribution >= 4 is 32.9 Å². The van der Waals surface area contributed by atoms with Crippen LogP contribution in [0, 0.1) is 11.7 Å². The van der Waals surface area contributed by atoms with Crippen LogP contribution in [0.25, 0.3) is 11.0 Å². The minimum Gasteiger partial charge on any atom is -0.369 e. The maximum Gasteiger partial charge on any atom is 0.201 e. The molecule has 0 saturated carbocycles. The average Bonchev–Trinajstić information content (AvgIpc) is 2.64. The van der Waals surface area contributed by atoms with E-state index >= 15 is 0 Å². The Bertz CT molecular complexity index is 607. The predicted molar refractivity (Wildman–Crippen MR) is 85.2 cm³/mol. The molecular formula is C15H21BrFN3. The topological polar surface area (TPSA) is 43.8 Å².